The second-order valence-electron chi connectivity index (χ2n) is 14.1. The number of hydrogen-bond donors (Lipinski definition) is 0. The molecule has 4 heteroatoms. The Kier molecular flexibility index (Phi) is 4.15. The minimum Gasteiger partial charge on any atom is -0.454 e. The van der Waals surface area contributed by atoms with Crippen molar-refractivity contribution in [1.29, 1.82) is 0 Å². The van der Waals surface area contributed by atoms with Gasteiger partial charge >= 0.3 is 6.85 Å². The molecule has 0 saturated heterocycles. The number of aromatic nitrogens is 1. The lowest BCUT2D eigenvalue weighted by atomic mass is 9.44. The number of nitrogens with zero attached hydrogens (tertiary/aromatic N) is 2. The second-order valence-corrected chi connectivity index (χ2v) is 14.1. The lowest BCUT2D eigenvalue weighted by molar-refractivity contribution is 0.631. The molecule has 5 heterocycles. The van der Waals surface area contributed by atoms with E-state index in [1.165, 1.54) is 88.2 Å². The van der Waals surface area contributed by atoms with Crippen molar-refractivity contribution in [2.45, 2.75) is 19.3 Å². The molecule has 3 nitrogen and oxygen atoms in total. The van der Waals surface area contributed by atoms with Crippen LogP contribution in [0.4, 0.5) is 17.1 Å². The maximum atomic E-state index is 6.94. The van der Waals surface area contributed by atoms with Gasteiger partial charge in [-0.1, -0.05) is 111 Å². The van der Waals surface area contributed by atoms with Crippen LogP contribution in [0, 0.1) is 0 Å². The summed E-state index contributed by atoms with van der Waals surface area (Å²) in [6.45, 7) is 4.75. The molecule has 7 aromatic carbocycles. The third-order valence-electron chi connectivity index (χ3n) is 11.5. The number of benzene rings is 7. The largest absolute Gasteiger partial charge is 0.454 e. The summed E-state index contributed by atoms with van der Waals surface area (Å²) in [5.41, 5.74) is 15.9. The van der Waals surface area contributed by atoms with Crippen LogP contribution in [0.25, 0.3) is 65.6 Å². The number of rotatable bonds is 0. The molecule has 0 atom stereocenters. The van der Waals surface area contributed by atoms with Crippen LogP contribution in [0.1, 0.15) is 25.0 Å². The Balaban J connectivity index is 1.35. The molecular formula is C43H27BN2O. The van der Waals surface area contributed by atoms with Gasteiger partial charge in [-0.05, 0) is 68.7 Å². The van der Waals surface area contributed by atoms with Crippen molar-refractivity contribution in [3.05, 3.63) is 139 Å². The number of hydrogen-bond acceptors (Lipinski definition) is 2. The van der Waals surface area contributed by atoms with Gasteiger partial charge in [-0.25, -0.2) is 0 Å². The molecule has 0 bridgehead atoms. The topological polar surface area (TPSA) is 21.3 Å². The Hall–Kier alpha value is -5.74. The molecular weight excluding hydrogens is 571 g/mol. The molecule has 0 amide bonds. The second kappa shape index (κ2) is 7.97. The van der Waals surface area contributed by atoms with Crippen LogP contribution in [0.5, 0.6) is 0 Å². The molecule has 9 aromatic rings. The van der Waals surface area contributed by atoms with Crippen molar-refractivity contribution in [3.63, 3.8) is 0 Å². The van der Waals surface area contributed by atoms with Crippen molar-refractivity contribution in [3.8, 4) is 11.1 Å². The molecule has 3 aliphatic heterocycles. The zero-order valence-electron chi connectivity index (χ0n) is 26.0. The van der Waals surface area contributed by atoms with Crippen molar-refractivity contribution in [2.75, 3.05) is 4.90 Å². The fourth-order valence-electron chi connectivity index (χ4n) is 9.50. The van der Waals surface area contributed by atoms with Gasteiger partial charge in [0.2, 0.25) is 0 Å². The average molecular weight is 599 g/mol. The number of anilines is 3. The van der Waals surface area contributed by atoms with Gasteiger partial charge in [-0.2, -0.15) is 0 Å². The molecule has 2 aromatic heterocycles. The summed E-state index contributed by atoms with van der Waals surface area (Å²) in [6, 6.07) is 47.4. The van der Waals surface area contributed by atoms with E-state index in [0.717, 1.165) is 16.6 Å². The van der Waals surface area contributed by atoms with Gasteiger partial charge in [0.15, 0.2) is 5.58 Å². The summed E-state index contributed by atoms with van der Waals surface area (Å²) in [7, 11) is 0. The Morgan fingerprint density at radius 2 is 1.34 bits per heavy atom. The van der Waals surface area contributed by atoms with Crippen LogP contribution in [-0.4, -0.2) is 11.3 Å². The van der Waals surface area contributed by atoms with Gasteiger partial charge in [-0.15, -0.1) is 0 Å². The van der Waals surface area contributed by atoms with Crippen LogP contribution in [0.3, 0.4) is 0 Å². The smallest absolute Gasteiger partial charge is 0.333 e. The first-order valence-electron chi connectivity index (χ1n) is 16.6. The lowest BCUT2D eigenvalue weighted by Crippen LogP contribution is -2.58. The van der Waals surface area contributed by atoms with Gasteiger partial charge in [-0.3, -0.25) is 0 Å². The van der Waals surface area contributed by atoms with Gasteiger partial charge in [0.05, 0.1) is 11.4 Å². The van der Waals surface area contributed by atoms with Crippen molar-refractivity contribution >= 4 is 89.4 Å². The Labute approximate surface area is 271 Å². The maximum Gasteiger partial charge on any atom is 0.333 e. The summed E-state index contributed by atoms with van der Waals surface area (Å²) in [4.78, 5) is 2.55. The number of para-hydroxylation sites is 4. The van der Waals surface area contributed by atoms with Crippen LogP contribution in [0.2, 0.25) is 0 Å². The van der Waals surface area contributed by atoms with Gasteiger partial charge < -0.3 is 13.8 Å². The van der Waals surface area contributed by atoms with E-state index < -0.39 is 0 Å². The first-order chi connectivity index (χ1) is 23.1. The summed E-state index contributed by atoms with van der Waals surface area (Å²) < 4.78 is 9.60. The highest BCUT2D eigenvalue weighted by atomic mass is 16.3. The van der Waals surface area contributed by atoms with Crippen molar-refractivity contribution < 1.29 is 4.42 Å². The molecule has 47 heavy (non-hydrogen) atoms. The average Bonchev–Trinajstić information content (AvgIpc) is 3.64. The Morgan fingerprint density at radius 3 is 2.26 bits per heavy atom. The number of furan rings is 1. The Bertz CT molecular complexity index is 2910. The quantitative estimate of drug-likeness (QED) is 0.162. The van der Waals surface area contributed by atoms with E-state index in [1.807, 2.05) is 0 Å². The summed E-state index contributed by atoms with van der Waals surface area (Å²) in [5, 5.41) is 7.49. The third-order valence-corrected chi connectivity index (χ3v) is 11.5. The van der Waals surface area contributed by atoms with Crippen molar-refractivity contribution in [2.24, 2.45) is 0 Å². The fourth-order valence-corrected chi connectivity index (χ4v) is 9.50. The Morgan fingerprint density at radius 1 is 0.596 bits per heavy atom. The molecule has 0 saturated carbocycles. The highest BCUT2D eigenvalue weighted by Gasteiger charge is 2.49. The zero-order chi connectivity index (χ0) is 30.8. The van der Waals surface area contributed by atoms with E-state index >= 15 is 0 Å². The van der Waals surface area contributed by atoms with E-state index in [9.17, 15) is 0 Å². The SMILES string of the molecule is CC1(C)c2ccccc2N2c3c(cccc31)B1c3c(cc4c(oc5ccccc54)c32)-c2cccc3c4cc5ccccc5cc4n1c23. The molecule has 0 radical (unpaired) electrons. The molecule has 218 valence electrons. The first-order valence-corrected chi connectivity index (χ1v) is 16.6. The molecule has 0 spiro atoms. The molecule has 3 aliphatic rings. The fraction of sp³-hybridized carbons (Fsp3) is 0.0698. The van der Waals surface area contributed by atoms with Crippen LogP contribution in [-0.2, 0) is 5.41 Å². The molecule has 0 N–H and O–H groups in total. The third kappa shape index (κ3) is 2.72. The zero-order valence-corrected chi connectivity index (χ0v) is 26.0. The highest BCUT2D eigenvalue weighted by Crippen LogP contribution is 2.56. The minimum atomic E-state index is -0.169. The summed E-state index contributed by atoms with van der Waals surface area (Å²) in [6.07, 6.45) is 0. The summed E-state index contributed by atoms with van der Waals surface area (Å²) >= 11 is 0. The van der Waals surface area contributed by atoms with E-state index in [2.05, 4.69) is 151 Å². The van der Waals surface area contributed by atoms with Crippen LogP contribution >= 0.6 is 0 Å². The molecule has 0 aliphatic carbocycles. The monoisotopic (exact) mass is 598 g/mol. The van der Waals surface area contributed by atoms with Crippen molar-refractivity contribution in [1.82, 2.24) is 4.48 Å². The van der Waals surface area contributed by atoms with Gasteiger partial charge in [0.25, 0.3) is 0 Å². The van der Waals surface area contributed by atoms with Crippen LogP contribution < -0.4 is 15.8 Å². The predicted molar refractivity (Wildman–Crippen MR) is 197 cm³/mol. The normalized spacial score (nSPS) is 15.1. The van der Waals surface area contributed by atoms with E-state index in [-0.39, 0.29) is 12.3 Å². The lowest BCUT2D eigenvalue weighted by Gasteiger charge is -2.48. The predicted octanol–water partition coefficient (Wildman–Crippen LogP) is 9.90. The standard InChI is InChI=1S/C43H27BN2O/c1-43(2)32-16-6-7-19-35(32)45-40-33(43)17-10-18-34(40)44-38-30(23-31-26-13-5-8-20-37(26)47-42(31)41(38)45)28-15-9-14-27-29-21-24-11-3-4-12-25(24)22-36(29)46(44)39(27)28/h3-23H,1-2H3. The minimum absolute atomic E-state index is 0.0130. The molecule has 0 unspecified atom stereocenters. The molecule has 12 rings (SSSR count). The maximum absolute atomic E-state index is 6.94. The molecule has 0 fully saturated rings. The van der Waals surface area contributed by atoms with Gasteiger partial charge in [0.1, 0.15) is 5.58 Å². The van der Waals surface area contributed by atoms with Gasteiger partial charge in [0, 0.05) is 49.2 Å². The number of fused-ring (bicyclic) bond motifs is 14. The first kappa shape index (κ1) is 24.5. The van der Waals surface area contributed by atoms with E-state index in [0.29, 0.717) is 0 Å². The van der Waals surface area contributed by atoms with E-state index in [4.69, 9.17) is 4.42 Å². The summed E-state index contributed by atoms with van der Waals surface area (Å²) in [5.74, 6) is 0. The van der Waals surface area contributed by atoms with E-state index in [1.54, 1.807) is 0 Å². The van der Waals surface area contributed by atoms with Crippen LogP contribution in [0.15, 0.2) is 132 Å². The highest BCUT2D eigenvalue weighted by molar-refractivity contribution is 6.90.